The van der Waals surface area contributed by atoms with Crippen LogP contribution in [0.15, 0.2) is 48.5 Å². The number of benzene rings is 2. The highest BCUT2D eigenvalue weighted by molar-refractivity contribution is 5.49. The van der Waals surface area contributed by atoms with Crippen molar-refractivity contribution in [2.45, 2.75) is 19.5 Å². The fourth-order valence-electron chi connectivity index (χ4n) is 2.48. The molecule has 0 spiro atoms. The summed E-state index contributed by atoms with van der Waals surface area (Å²) in [5.41, 5.74) is 3.60. The zero-order chi connectivity index (χ0) is 15.2. The number of hydrogen-bond acceptors (Lipinski definition) is 3. The first-order valence-corrected chi connectivity index (χ1v) is 7.23. The fraction of sp³-hybridized carbons (Fsp3) is 0.333. The molecule has 0 bridgehead atoms. The molecule has 0 fully saturated rings. The molecule has 2 rings (SSSR count). The average molecular weight is 284 g/mol. The van der Waals surface area contributed by atoms with Crippen molar-refractivity contribution in [2.75, 3.05) is 26.5 Å². The Kier molecular flexibility index (Phi) is 5.23. The monoisotopic (exact) mass is 284 g/mol. The Morgan fingerprint density at radius 3 is 2.57 bits per heavy atom. The van der Waals surface area contributed by atoms with Gasteiger partial charge >= 0.3 is 0 Å². The highest BCUT2D eigenvalue weighted by Gasteiger charge is 2.10. The number of para-hydroxylation sites is 1. The van der Waals surface area contributed by atoms with Gasteiger partial charge in [0.15, 0.2) is 0 Å². The van der Waals surface area contributed by atoms with Crippen molar-refractivity contribution < 1.29 is 4.74 Å². The summed E-state index contributed by atoms with van der Waals surface area (Å²) in [5.74, 6) is 0.918. The molecule has 2 aromatic rings. The summed E-state index contributed by atoms with van der Waals surface area (Å²) in [5, 5.41) is 3.55. The van der Waals surface area contributed by atoms with Gasteiger partial charge in [-0.1, -0.05) is 30.3 Å². The molecule has 3 heteroatoms. The summed E-state index contributed by atoms with van der Waals surface area (Å²) in [6.07, 6.45) is 0. The molecule has 1 atom stereocenters. The van der Waals surface area contributed by atoms with Crippen LogP contribution >= 0.6 is 0 Å². The van der Waals surface area contributed by atoms with Crippen molar-refractivity contribution in [2.24, 2.45) is 0 Å². The van der Waals surface area contributed by atoms with Gasteiger partial charge in [0.05, 0.1) is 13.2 Å². The van der Waals surface area contributed by atoms with E-state index < -0.39 is 0 Å². The minimum atomic E-state index is 0.191. The van der Waals surface area contributed by atoms with Crippen molar-refractivity contribution in [1.29, 1.82) is 0 Å². The Balaban J connectivity index is 2.14. The Morgan fingerprint density at radius 2 is 1.86 bits per heavy atom. The summed E-state index contributed by atoms with van der Waals surface area (Å²) in [4.78, 5) is 2.17. The van der Waals surface area contributed by atoms with Gasteiger partial charge in [-0.15, -0.1) is 0 Å². The predicted octanol–water partition coefficient (Wildman–Crippen LogP) is 3.93. The van der Waals surface area contributed by atoms with Gasteiger partial charge in [-0.2, -0.15) is 0 Å². The molecule has 0 aliphatic heterocycles. The molecule has 3 nitrogen and oxygen atoms in total. The van der Waals surface area contributed by atoms with Gasteiger partial charge in [-0.05, 0) is 44.8 Å². The molecule has 112 valence electrons. The predicted molar refractivity (Wildman–Crippen MR) is 88.9 cm³/mol. The van der Waals surface area contributed by atoms with Crippen LogP contribution in [-0.2, 0) is 6.54 Å². The second kappa shape index (κ2) is 7.14. The summed E-state index contributed by atoms with van der Waals surface area (Å²) < 4.78 is 5.43. The van der Waals surface area contributed by atoms with Crippen LogP contribution in [0.4, 0.5) is 5.69 Å². The zero-order valence-corrected chi connectivity index (χ0v) is 13.3. The molecule has 0 aliphatic carbocycles. The number of methoxy groups -OCH3 is 1. The Morgan fingerprint density at radius 1 is 1.10 bits per heavy atom. The first-order valence-electron chi connectivity index (χ1n) is 7.23. The number of nitrogens with zero attached hydrogens (tertiary/aromatic N) is 1. The van der Waals surface area contributed by atoms with Crippen molar-refractivity contribution >= 4 is 5.69 Å². The van der Waals surface area contributed by atoms with E-state index in [-0.39, 0.29) is 6.04 Å². The lowest BCUT2D eigenvalue weighted by Gasteiger charge is -2.19. The lowest BCUT2D eigenvalue weighted by molar-refractivity contribution is 0.402. The quantitative estimate of drug-likeness (QED) is 0.870. The van der Waals surface area contributed by atoms with Crippen LogP contribution < -0.4 is 10.1 Å². The first kappa shape index (κ1) is 15.4. The van der Waals surface area contributed by atoms with Crippen LogP contribution in [0.25, 0.3) is 0 Å². The molecular weight excluding hydrogens is 260 g/mol. The van der Waals surface area contributed by atoms with Crippen molar-refractivity contribution in [3.63, 3.8) is 0 Å². The summed E-state index contributed by atoms with van der Waals surface area (Å²) in [7, 11) is 5.87. The summed E-state index contributed by atoms with van der Waals surface area (Å²) in [6, 6.07) is 16.9. The molecule has 0 saturated carbocycles. The Bertz CT molecular complexity index is 581. The standard InChI is InChI=1S/C18H24N2O/c1-14(17-10-5-6-11-18(17)21-4)19-16-9-7-8-15(12-16)13-20(2)3/h5-12,14,19H,13H2,1-4H3. The smallest absolute Gasteiger partial charge is 0.124 e. The minimum Gasteiger partial charge on any atom is -0.496 e. The lowest BCUT2D eigenvalue weighted by atomic mass is 10.1. The van der Waals surface area contributed by atoms with Gasteiger partial charge in [-0.3, -0.25) is 0 Å². The zero-order valence-electron chi connectivity index (χ0n) is 13.3. The second-order valence-corrected chi connectivity index (χ2v) is 5.55. The van der Waals surface area contributed by atoms with Gasteiger partial charge in [-0.25, -0.2) is 0 Å². The number of rotatable bonds is 6. The van der Waals surface area contributed by atoms with Gasteiger partial charge in [0, 0.05) is 17.8 Å². The van der Waals surface area contributed by atoms with Crippen molar-refractivity contribution in [3.05, 3.63) is 59.7 Å². The number of nitrogens with one attached hydrogen (secondary N) is 1. The van der Waals surface area contributed by atoms with Crippen molar-refractivity contribution in [3.8, 4) is 5.75 Å². The molecule has 1 N–H and O–H groups in total. The van der Waals surface area contributed by atoms with E-state index in [1.807, 2.05) is 18.2 Å². The molecule has 0 radical (unpaired) electrons. The molecule has 2 aromatic carbocycles. The van der Waals surface area contributed by atoms with Gasteiger partial charge < -0.3 is 15.0 Å². The third kappa shape index (κ3) is 4.23. The van der Waals surface area contributed by atoms with Crippen molar-refractivity contribution in [1.82, 2.24) is 4.90 Å². The van der Waals surface area contributed by atoms with E-state index in [4.69, 9.17) is 4.74 Å². The highest BCUT2D eigenvalue weighted by atomic mass is 16.5. The highest BCUT2D eigenvalue weighted by Crippen LogP contribution is 2.27. The lowest BCUT2D eigenvalue weighted by Crippen LogP contribution is -2.11. The Labute approximate surface area is 127 Å². The molecule has 0 amide bonds. The molecule has 0 aliphatic rings. The Hall–Kier alpha value is -2.00. The van der Waals surface area contributed by atoms with E-state index in [1.165, 1.54) is 5.56 Å². The molecule has 0 saturated heterocycles. The number of anilines is 1. The van der Waals surface area contributed by atoms with E-state index in [2.05, 4.69) is 61.6 Å². The molecule has 0 heterocycles. The third-order valence-corrected chi connectivity index (χ3v) is 3.41. The normalized spacial score (nSPS) is 12.2. The van der Waals surface area contributed by atoms with Crippen LogP contribution in [0.1, 0.15) is 24.1 Å². The maximum Gasteiger partial charge on any atom is 0.124 e. The molecular formula is C18H24N2O. The van der Waals surface area contributed by atoms with E-state index >= 15 is 0 Å². The van der Waals surface area contributed by atoms with E-state index in [9.17, 15) is 0 Å². The molecule has 1 unspecified atom stereocenters. The number of ether oxygens (including phenoxy) is 1. The summed E-state index contributed by atoms with van der Waals surface area (Å²) >= 11 is 0. The van der Waals surface area contributed by atoms with Gasteiger partial charge in [0.1, 0.15) is 5.75 Å². The number of hydrogen-bond donors (Lipinski definition) is 1. The largest absolute Gasteiger partial charge is 0.496 e. The van der Waals surface area contributed by atoms with Crippen LogP contribution in [-0.4, -0.2) is 26.1 Å². The summed E-state index contributed by atoms with van der Waals surface area (Å²) in [6.45, 7) is 3.09. The van der Waals surface area contributed by atoms with Crippen LogP contribution in [0.2, 0.25) is 0 Å². The third-order valence-electron chi connectivity index (χ3n) is 3.41. The van der Waals surface area contributed by atoms with E-state index in [0.29, 0.717) is 0 Å². The van der Waals surface area contributed by atoms with E-state index in [0.717, 1.165) is 23.5 Å². The SMILES string of the molecule is COc1ccccc1C(C)Nc1cccc(CN(C)C)c1. The van der Waals surface area contributed by atoms with Gasteiger partial charge in [0.25, 0.3) is 0 Å². The maximum atomic E-state index is 5.43. The van der Waals surface area contributed by atoms with E-state index in [1.54, 1.807) is 7.11 Å². The minimum absolute atomic E-state index is 0.191. The molecule has 21 heavy (non-hydrogen) atoms. The fourth-order valence-corrected chi connectivity index (χ4v) is 2.48. The molecule has 0 aromatic heterocycles. The first-order chi connectivity index (χ1) is 10.1. The van der Waals surface area contributed by atoms with Gasteiger partial charge in [0.2, 0.25) is 0 Å². The topological polar surface area (TPSA) is 24.5 Å². The van der Waals surface area contributed by atoms with Crippen LogP contribution in [0, 0.1) is 0 Å². The van der Waals surface area contributed by atoms with Crippen LogP contribution in [0.3, 0.4) is 0 Å². The average Bonchev–Trinajstić information content (AvgIpc) is 2.46. The second-order valence-electron chi connectivity index (χ2n) is 5.55. The van der Waals surface area contributed by atoms with Crippen LogP contribution in [0.5, 0.6) is 5.75 Å². The maximum absolute atomic E-state index is 5.43.